The van der Waals surface area contributed by atoms with Gasteiger partial charge in [0.15, 0.2) is 0 Å². The van der Waals surface area contributed by atoms with Crippen LogP contribution in [0.4, 0.5) is 0 Å². The molecule has 2 aromatic rings. The topological polar surface area (TPSA) is 22.1 Å². The molecule has 12 atom stereocenters. The molecular weight excluding hydrogens is 741 g/mol. The fraction of sp³-hybridized carbons (Fsp3) is 0.351. The van der Waals surface area contributed by atoms with Crippen LogP contribution in [0.25, 0.3) is 16.8 Å². The summed E-state index contributed by atoms with van der Waals surface area (Å²) in [4.78, 5) is 14.0. The van der Waals surface area contributed by atoms with Crippen LogP contribution in [0.15, 0.2) is 198 Å². The van der Waals surface area contributed by atoms with Crippen LogP contribution >= 0.6 is 0 Å². The van der Waals surface area contributed by atoms with Crippen molar-refractivity contribution in [3.63, 3.8) is 0 Å². The first-order valence-corrected chi connectivity index (χ1v) is 23.1. The molecule has 11 rings (SSSR count). The zero-order valence-corrected chi connectivity index (χ0v) is 36.4. The summed E-state index contributed by atoms with van der Waals surface area (Å²) in [6.45, 7) is 9.80. The highest BCUT2D eigenvalue weighted by Crippen LogP contribution is 2.55. The number of hydrogen-bond acceptors (Lipinski definition) is 4. The summed E-state index contributed by atoms with van der Waals surface area (Å²) in [5.41, 5.74) is 11.4. The second-order valence-corrected chi connectivity index (χ2v) is 19.3. The Bertz CT molecular complexity index is 2510. The van der Waals surface area contributed by atoms with Crippen LogP contribution < -0.4 is 0 Å². The number of hydrogen-bond donors (Lipinski definition) is 0. The zero-order valence-electron chi connectivity index (χ0n) is 36.4. The molecule has 0 amide bonds. The molecule has 61 heavy (non-hydrogen) atoms. The number of rotatable bonds is 6. The summed E-state index contributed by atoms with van der Waals surface area (Å²) in [7, 11) is 2.26. The highest BCUT2D eigenvalue weighted by atomic mass is 15.3. The molecule has 9 aliphatic rings. The molecule has 0 N–H and O–H groups in total. The number of fused-ring (bicyclic) bond motifs is 5. The van der Waals surface area contributed by atoms with Gasteiger partial charge in [-0.1, -0.05) is 173 Å². The maximum absolute atomic E-state index is 5.88. The van der Waals surface area contributed by atoms with E-state index in [-0.39, 0.29) is 29.6 Å². The Kier molecular flexibility index (Phi) is 9.57. The minimum Gasteiger partial charge on any atom is -0.352 e. The normalized spacial score (nSPS) is 37.0. The lowest BCUT2D eigenvalue weighted by Crippen LogP contribution is -2.52. The molecule has 3 heterocycles. The van der Waals surface area contributed by atoms with Crippen molar-refractivity contribution >= 4 is 11.4 Å². The Morgan fingerprint density at radius 2 is 1.48 bits per heavy atom. The van der Waals surface area contributed by atoms with E-state index in [1.54, 1.807) is 5.57 Å². The molecule has 308 valence electrons. The predicted octanol–water partition coefficient (Wildman–Crippen LogP) is 12.0. The third kappa shape index (κ3) is 6.15. The fourth-order valence-corrected chi connectivity index (χ4v) is 12.7. The third-order valence-corrected chi connectivity index (χ3v) is 15.8. The molecule has 4 nitrogen and oxygen atoms in total. The second-order valence-electron chi connectivity index (χ2n) is 19.3. The molecule has 0 saturated carbocycles. The smallest absolute Gasteiger partial charge is 0.128 e. The SMILES string of the molecule is CC1CC=CC2=C1C1C=CC=CC1(C)N2C1=CC(C2=NC(C3C=CC=CC3C)N(C)C(c3ccccc3-c3ccccc3)=C2)=CC(N2C3C=CC=CC3C3CCC=CC32)C1C. The van der Waals surface area contributed by atoms with Gasteiger partial charge < -0.3 is 9.80 Å². The molecule has 12 unspecified atom stereocenters. The van der Waals surface area contributed by atoms with Crippen LogP contribution in [0.1, 0.15) is 52.5 Å². The van der Waals surface area contributed by atoms with Crippen LogP contribution in [-0.2, 0) is 0 Å². The number of allylic oxidation sites excluding steroid dienone is 13. The minimum absolute atomic E-state index is 0.0737. The fourth-order valence-electron chi connectivity index (χ4n) is 12.7. The molecule has 1 saturated heterocycles. The summed E-state index contributed by atoms with van der Waals surface area (Å²) in [5.74, 6) is 2.79. The van der Waals surface area contributed by atoms with Crippen LogP contribution in [0.3, 0.4) is 0 Å². The first kappa shape index (κ1) is 38.5. The van der Waals surface area contributed by atoms with E-state index in [4.69, 9.17) is 4.99 Å². The first-order valence-electron chi connectivity index (χ1n) is 23.1. The molecule has 3 aliphatic heterocycles. The largest absolute Gasteiger partial charge is 0.352 e. The summed E-state index contributed by atoms with van der Waals surface area (Å²) in [6, 6.07) is 20.8. The Morgan fingerprint density at radius 1 is 0.721 bits per heavy atom. The van der Waals surface area contributed by atoms with E-state index in [1.807, 2.05) is 0 Å². The molecule has 0 bridgehead atoms. The van der Waals surface area contributed by atoms with Crippen molar-refractivity contribution in [2.45, 2.75) is 76.8 Å². The molecule has 6 aliphatic carbocycles. The minimum atomic E-state index is -0.203. The van der Waals surface area contributed by atoms with E-state index >= 15 is 0 Å². The molecule has 4 heteroatoms. The van der Waals surface area contributed by atoms with E-state index in [9.17, 15) is 0 Å². The van der Waals surface area contributed by atoms with Gasteiger partial charge >= 0.3 is 0 Å². The van der Waals surface area contributed by atoms with Gasteiger partial charge in [0.25, 0.3) is 0 Å². The van der Waals surface area contributed by atoms with Crippen molar-refractivity contribution < 1.29 is 0 Å². The van der Waals surface area contributed by atoms with Crippen molar-refractivity contribution in [3.05, 3.63) is 198 Å². The van der Waals surface area contributed by atoms with Gasteiger partial charge in [-0.15, -0.1) is 0 Å². The first-order chi connectivity index (χ1) is 29.8. The summed E-state index contributed by atoms with van der Waals surface area (Å²) < 4.78 is 0. The third-order valence-electron chi connectivity index (χ3n) is 15.8. The van der Waals surface area contributed by atoms with E-state index in [0.717, 1.165) is 12.1 Å². The van der Waals surface area contributed by atoms with Gasteiger partial charge in [0.2, 0.25) is 0 Å². The van der Waals surface area contributed by atoms with E-state index in [0.29, 0.717) is 41.7 Å². The van der Waals surface area contributed by atoms with Gasteiger partial charge in [-0.3, -0.25) is 9.89 Å². The molecule has 0 aromatic heterocycles. The number of likely N-dealkylation sites (tertiary alicyclic amines) is 1. The quantitative estimate of drug-likeness (QED) is 0.272. The van der Waals surface area contributed by atoms with Crippen LogP contribution in [0, 0.1) is 41.4 Å². The molecule has 0 radical (unpaired) electrons. The highest BCUT2D eigenvalue weighted by Gasteiger charge is 2.54. The average molecular weight is 801 g/mol. The van der Waals surface area contributed by atoms with Crippen molar-refractivity contribution in [2.24, 2.45) is 46.4 Å². The maximum Gasteiger partial charge on any atom is 0.128 e. The van der Waals surface area contributed by atoms with Crippen LogP contribution in [0.5, 0.6) is 0 Å². The molecule has 2 aromatic carbocycles. The summed E-state index contributed by atoms with van der Waals surface area (Å²) in [6.07, 6.45) is 49.3. The van der Waals surface area contributed by atoms with Gasteiger partial charge in [0, 0.05) is 71.5 Å². The van der Waals surface area contributed by atoms with Gasteiger partial charge in [-0.2, -0.15) is 0 Å². The van der Waals surface area contributed by atoms with Crippen LogP contribution in [0.2, 0.25) is 0 Å². The molecule has 0 spiro atoms. The van der Waals surface area contributed by atoms with Crippen molar-refractivity contribution in [1.29, 1.82) is 0 Å². The maximum atomic E-state index is 5.88. The van der Waals surface area contributed by atoms with Crippen LogP contribution in [-0.4, -0.2) is 57.3 Å². The van der Waals surface area contributed by atoms with Crippen molar-refractivity contribution in [3.8, 4) is 11.1 Å². The Morgan fingerprint density at radius 3 is 2.31 bits per heavy atom. The Balaban J connectivity index is 1.12. The van der Waals surface area contributed by atoms with E-state index in [2.05, 4.69) is 219 Å². The van der Waals surface area contributed by atoms with E-state index < -0.39 is 0 Å². The Hall–Kier alpha value is -5.45. The number of benzene rings is 2. The summed E-state index contributed by atoms with van der Waals surface area (Å²) in [5, 5.41) is 0. The van der Waals surface area contributed by atoms with Crippen molar-refractivity contribution in [1.82, 2.24) is 14.7 Å². The zero-order chi connectivity index (χ0) is 41.4. The van der Waals surface area contributed by atoms with Crippen molar-refractivity contribution in [2.75, 3.05) is 7.05 Å². The molecular formula is C57H60N4. The van der Waals surface area contributed by atoms with E-state index in [1.165, 1.54) is 52.2 Å². The lowest BCUT2D eigenvalue weighted by Gasteiger charge is -2.48. The Labute approximate surface area is 364 Å². The number of aliphatic imine (C=N–C) groups is 1. The average Bonchev–Trinajstić information content (AvgIpc) is 3.77. The van der Waals surface area contributed by atoms with Gasteiger partial charge in [-0.25, -0.2) is 0 Å². The standard InChI is InChI=1S/C57H60N4/c1-37-20-9-10-24-42(37)56-58-48(36-54(59(56)5)44-26-12-11-25-43(44)40-22-7-6-8-23-40)41-34-52(60-49-30-15-13-27-45(49)46-28-14-16-31-50(46)60)39(3)53(35-41)61-51-32-19-21-38(2)55(51)47-29-17-18-33-57(47,61)4/h6-13,15-20,22-27,29-39,42,45-47,49-50,52,56H,14,21,28H2,1-5H3. The monoisotopic (exact) mass is 800 g/mol. The predicted molar refractivity (Wildman–Crippen MR) is 254 cm³/mol. The van der Waals surface area contributed by atoms with Gasteiger partial charge in [-0.05, 0) is 84.4 Å². The van der Waals surface area contributed by atoms with Gasteiger partial charge in [0.05, 0.1) is 11.3 Å². The highest BCUT2D eigenvalue weighted by molar-refractivity contribution is 6.15. The number of nitrogens with zero attached hydrogens (tertiary/aromatic N) is 4. The van der Waals surface area contributed by atoms with Gasteiger partial charge in [0.1, 0.15) is 6.17 Å². The molecule has 1 fully saturated rings. The summed E-state index contributed by atoms with van der Waals surface area (Å²) >= 11 is 0. The lowest BCUT2D eigenvalue weighted by molar-refractivity contribution is 0.132. The lowest BCUT2D eigenvalue weighted by atomic mass is 9.74. The second kappa shape index (κ2) is 15.2.